The van der Waals surface area contributed by atoms with Gasteiger partial charge in [-0.25, -0.2) is 4.98 Å². The fourth-order valence-corrected chi connectivity index (χ4v) is 1.58. The molecule has 0 aliphatic heterocycles. The third-order valence-electron chi connectivity index (χ3n) is 1.59. The summed E-state index contributed by atoms with van der Waals surface area (Å²) in [6.07, 6.45) is 6.42. The topological polar surface area (TPSA) is 41.6 Å². The van der Waals surface area contributed by atoms with Crippen LogP contribution in [0.5, 0.6) is 0 Å². The van der Waals surface area contributed by atoms with Crippen LogP contribution in [0.1, 0.15) is 0 Å². The van der Waals surface area contributed by atoms with Crippen LogP contribution in [0.15, 0.2) is 24.8 Å². The van der Waals surface area contributed by atoms with E-state index in [2.05, 4.69) is 15.0 Å². The van der Waals surface area contributed by atoms with Crippen molar-refractivity contribution >= 4 is 23.2 Å². The fraction of sp³-hybridized carbons (Fsp3) is 0. The maximum Gasteiger partial charge on any atom is 0.140 e. The van der Waals surface area contributed by atoms with E-state index in [1.807, 2.05) is 0 Å². The average Bonchev–Trinajstić information content (AvgIpc) is 2.57. The number of hydrogen-bond donors (Lipinski definition) is 1. The standard InChI is InChI=1S/C8H5Cl2N3/c9-5-3-11-4-6(10)7(5)8-12-1-2-13-8/h1-4H,(H,12,13). The van der Waals surface area contributed by atoms with Crippen LogP contribution in [0.4, 0.5) is 0 Å². The molecule has 2 aromatic rings. The van der Waals surface area contributed by atoms with E-state index in [1.54, 1.807) is 12.4 Å². The second-order valence-corrected chi connectivity index (χ2v) is 3.23. The van der Waals surface area contributed by atoms with Crippen LogP contribution < -0.4 is 0 Å². The Labute approximate surface area is 84.7 Å². The van der Waals surface area contributed by atoms with Crippen molar-refractivity contribution in [2.75, 3.05) is 0 Å². The zero-order valence-electron chi connectivity index (χ0n) is 6.46. The third-order valence-corrected chi connectivity index (χ3v) is 2.16. The van der Waals surface area contributed by atoms with Crippen molar-refractivity contribution in [3.8, 4) is 11.4 Å². The zero-order valence-corrected chi connectivity index (χ0v) is 7.97. The lowest BCUT2D eigenvalue weighted by molar-refractivity contribution is 1.27. The highest BCUT2D eigenvalue weighted by Gasteiger charge is 2.09. The fourth-order valence-electron chi connectivity index (χ4n) is 1.04. The van der Waals surface area contributed by atoms with Crippen LogP contribution in [0.3, 0.4) is 0 Å². The molecule has 0 aromatic carbocycles. The summed E-state index contributed by atoms with van der Waals surface area (Å²) in [5.74, 6) is 0.650. The monoisotopic (exact) mass is 213 g/mol. The van der Waals surface area contributed by atoms with Crippen LogP contribution in [-0.2, 0) is 0 Å². The molecule has 0 fully saturated rings. The molecule has 2 aromatic heterocycles. The van der Waals surface area contributed by atoms with Gasteiger partial charge in [-0.1, -0.05) is 23.2 Å². The van der Waals surface area contributed by atoms with Crippen LogP contribution in [-0.4, -0.2) is 15.0 Å². The van der Waals surface area contributed by atoms with Gasteiger partial charge in [0.05, 0.1) is 15.6 Å². The first-order chi connectivity index (χ1) is 6.29. The molecule has 13 heavy (non-hydrogen) atoms. The van der Waals surface area contributed by atoms with Crippen molar-refractivity contribution in [1.82, 2.24) is 15.0 Å². The van der Waals surface area contributed by atoms with Gasteiger partial charge in [0.2, 0.25) is 0 Å². The number of nitrogens with zero attached hydrogens (tertiary/aromatic N) is 2. The molecule has 3 nitrogen and oxygen atoms in total. The van der Waals surface area contributed by atoms with E-state index >= 15 is 0 Å². The van der Waals surface area contributed by atoms with Gasteiger partial charge in [0.1, 0.15) is 5.82 Å². The molecule has 0 saturated heterocycles. The highest BCUT2D eigenvalue weighted by molar-refractivity contribution is 6.38. The predicted molar refractivity (Wildman–Crippen MR) is 51.8 cm³/mol. The van der Waals surface area contributed by atoms with E-state index in [0.29, 0.717) is 21.4 Å². The minimum absolute atomic E-state index is 0.488. The van der Waals surface area contributed by atoms with Crippen LogP contribution in [0.25, 0.3) is 11.4 Å². The highest BCUT2D eigenvalue weighted by Crippen LogP contribution is 2.30. The molecule has 0 aliphatic carbocycles. The predicted octanol–water partition coefficient (Wildman–Crippen LogP) is 2.78. The van der Waals surface area contributed by atoms with Crippen LogP contribution in [0, 0.1) is 0 Å². The van der Waals surface area contributed by atoms with Gasteiger partial charge in [-0.3, -0.25) is 4.98 Å². The molecule has 0 bridgehead atoms. The molecule has 1 N–H and O–H groups in total. The maximum absolute atomic E-state index is 5.91. The van der Waals surface area contributed by atoms with Gasteiger partial charge >= 0.3 is 0 Å². The minimum Gasteiger partial charge on any atom is -0.345 e. The summed E-state index contributed by atoms with van der Waals surface area (Å²) in [4.78, 5) is 10.8. The Balaban J connectivity index is 2.64. The Hall–Kier alpha value is -1.06. The van der Waals surface area contributed by atoms with Crippen molar-refractivity contribution in [3.63, 3.8) is 0 Å². The first kappa shape index (κ1) is 8.53. The van der Waals surface area contributed by atoms with Gasteiger partial charge in [-0.05, 0) is 0 Å². The van der Waals surface area contributed by atoms with Gasteiger partial charge < -0.3 is 4.98 Å². The van der Waals surface area contributed by atoms with E-state index in [4.69, 9.17) is 23.2 Å². The molecule has 0 atom stereocenters. The average molecular weight is 214 g/mol. The second-order valence-electron chi connectivity index (χ2n) is 2.42. The number of nitrogens with one attached hydrogen (secondary N) is 1. The summed E-state index contributed by atoms with van der Waals surface area (Å²) in [5.41, 5.74) is 0.684. The number of aromatic amines is 1. The van der Waals surface area contributed by atoms with E-state index < -0.39 is 0 Å². The van der Waals surface area contributed by atoms with Crippen molar-refractivity contribution < 1.29 is 0 Å². The Bertz CT molecular complexity index is 391. The quantitative estimate of drug-likeness (QED) is 0.792. The minimum atomic E-state index is 0.488. The Morgan fingerprint density at radius 3 is 2.38 bits per heavy atom. The Morgan fingerprint density at radius 2 is 1.85 bits per heavy atom. The molecule has 0 saturated carbocycles. The lowest BCUT2D eigenvalue weighted by atomic mass is 10.2. The van der Waals surface area contributed by atoms with Gasteiger partial charge in [-0.15, -0.1) is 0 Å². The van der Waals surface area contributed by atoms with Crippen LogP contribution >= 0.6 is 23.2 Å². The summed E-state index contributed by atoms with van der Waals surface area (Å²) in [7, 11) is 0. The summed E-state index contributed by atoms with van der Waals surface area (Å²) in [6.45, 7) is 0. The molecule has 0 spiro atoms. The molecule has 0 amide bonds. The Kier molecular flexibility index (Phi) is 2.20. The normalized spacial score (nSPS) is 10.3. The number of aromatic nitrogens is 3. The van der Waals surface area contributed by atoms with Gasteiger partial charge in [0, 0.05) is 24.8 Å². The lowest BCUT2D eigenvalue weighted by Gasteiger charge is -2.01. The number of pyridine rings is 1. The molecular weight excluding hydrogens is 209 g/mol. The number of rotatable bonds is 1. The van der Waals surface area contributed by atoms with Gasteiger partial charge in [-0.2, -0.15) is 0 Å². The van der Waals surface area contributed by atoms with Crippen LogP contribution in [0.2, 0.25) is 10.0 Å². The number of hydrogen-bond acceptors (Lipinski definition) is 2. The third kappa shape index (κ3) is 1.53. The zero-order chi connectivity index (χ0) is 9.26. The summed E-state index contributed by atoms with van der Waals surface area (Å²) >= 11 is 11.8. The smallest absolute Gasteiger partial charge is 0.140 e. The first-order valence-electron chi connectivity index (χ1n) is 3.58. The molecular formula is C8H5Cl2N3. The largest absolute Gasteiger partial charge is 0.345 e. The van der Waals surface area contributed by atoms with Gasteiger partial charge in [0.15, 0.2) is 0 Å². The van der Waals surface area contributed by atoms with Crippen molar-refractivity contribution in [3.05, 3.63) is 34.8 Å². The lowest BCUT2D eigenvalue weighted by Crippen LogP contribution is -1.85. The second kappa shape index (κ2) is 3.36. The number of imidazole rings is 1. The van der Waals surface area contributed by atoms with Crippen molar-refractivity contribution in [1.29, 1.82) is 0 Å². The molecule has 2 rings (SSSR count). The van der Waals surface area contributed by atoms with Crippen molar-refractivity contribution in [2.24, 2.45) is 0 Å². The summed E-state index contributed by atoms with van der Waals surface area (Å²) < 4.78 is 0. The maximum atomic E-state index is 5.91. The highest BCUT2D eigenvalue weighted by atomic mass is 35.5. The molecule has 0 unspecified atom stereocenters. The summed E-state index contributed by atoms with van der Waals surface area (Å²) in [5, 5.41) is 0.977. The Morgan fingerprint density at radius 1 is 1.15 bits per heavy atom. The first-order valence-corrected chi connectivity index (χ1v) is 4.33. The van der Waals surface area contributed by atoms with E-state index in [1.165, 1.54) is 12.4 Å². The molecule has 2 heterocycles. The number of H-pyrrole nitrogens is 1. The number of halogens is 2. The molecule has 66 valence electrons. The van der Waals surface area contributed by atoms with E-state index in [9.17, 15) is 0 Å². The van der Waals surface area contributed by atoms with E-state index in [-0.39, 0.29) is 0 Å². The molecule has 5 heteroatoms. The molecule has 0 aliphatic rings. The van der Waals surface area contributed by atoms with Gasteiger partial charge in [0.25, 0.3) is 0 Å². The summed E-state index contributed by atoms with van der Waals surface area (Å²) in [6, 6.07) is 0. The SMILES string of the molecule is Clc1cncc(Cl)c1-c1ncc[nH]1. The van der Waals surface area contributed by atoms with E-state index in [0.717, 1.165) is 0 Å². The van der Waals surface area contributed by atoms with Crippen molar-refractivity contribution in [2.45, 2.75) is 0 Å². The molecule has 0 radical (unpaired) electrons.